The van der Waals surface area contributed by atoms with Gasteiger partial charge in [0.25, 0.3) is 0 Å². The van der Waals surface area contributed by atoms with Crippen LogP contribution in [0, 0.1) is 0 Å². The highest BCUT2D eigenvalue weighted by Crippen LogP contribution is 2.41. The van der Waals surface area contributed by atoms with Gasteiger partial charge in [0, 0.05) is 18.5 Å². The Kier molecular flexibility index (Phi) is 3.95. The number of halogens is 1. The second kappa shape index (κ2) is 5.86. The molecule has 1 aliphatic carbocycles. The van der Waals surface area contributed by atoms with Gasteiger partial charge in [0.2, 0.25) is 0 Å². The molecule has 0 radical (unpaired) electrons. The zero-order valence-electron chi connectivity index (χ0n) is 11.5. The molecular formula is C17H18ClNO. The normalized spacial score (nSPS) is 20.7. The van der Waals surface area contributed by atoms with E-state index in [1.54, 1.807) is 7.11 Å². The summed E-state index contributed by atoms with van der Waals surface area (Å²) < 4.78 is 5.24. The van der Waals surface area contributed by atoms with E-state index in [2.05, 4.69) is 35.6 Å². The lowest BCUT2D eigenvalue weighted by Gasteiger charge is -2.09. The molecule has 0 spiro atoms. The molecule has 0 amide bonds. The Labute approximate surface area is 124 Å². The summed E-state index contributed by atoms with van der Waals surface area (Å²) in [5, 5.41) is 4.28. The molecule has 1 aliphatic rings. The molecule has 0 aliphatic heterocycles. The van der Waals surface area contributed by atoms with Crippen molar-refractivity contribution in [3.8, 4) is 5.75 Å². The van der Waals surface area contributed by atoms with Crippen molar-refractivity contribution in [1.29, 1.82) is 0 Å². The molecule has 3 rings (SSSR count). The number of hydrogen-bond donors (Lipinski definition) is 1. The van der Waals surface area contributed by atoms with Crippen LogP contribution in [0.2, 0.25) is 5.02 Å². The number of benzene rings is 2. The van der Waals surface area contributed by atoms with Crippen molar-refractivity contribution in [2.24, 2.45) is 0 Å². The van der Waals surface area contributed by atoms with E-state index in [-0.39, 0.29) is 0 Å². The SMILES string of the molecule is COc1cccc(CN[C@@H]2C[C@H]2c2ccccc2)c1Cl. The maximum Gasteiger partial charge on any atom is 0.137 e. The van der Waals surface area contributed by atoms with Crippen molar-refractivity contribution in [3.05, 3.63) is 64.7 Å². The van der Waals surface area contributed by atoms with Crippen LogP contribution in [0.5, 0.6) is 5.75 Å². The maximum atomic E-state index is 6.30. The molecule has 0 unspecified atom stereocenters. The fourth-order valence-corrected chi connectivity index (χ4v) is 2.85. The third kappa shape index (κ3) is 2.82. The van der Waals surface area contributed by atoms with Gasteiger partial charge in [-0.25, -0.2) is 0 Å². The highest BCUT2D eigenvalue weighted by atomic mass is 35.5. The molecule has 0 aromatic heterocycles. The summed E-state index contributed by atoms with van der Waals surface area (Å²) in [6, 6.07) is 17.1. The van der Waals surface area contributed by atoms with E-state index in [1.165, 1.54) is 12.0 Å². The Hall–Kier alpha value is -1.51. The lowest BCUT2D eigenvalue weighted by Crippen LogP contribution is -2.17. The first kappa shape index (κ1) is 13.5. The van der Waals surface area contributed by atoms with Crippen molar-refractivity contribution < 1.29 is 4.74 Å². The van der Waals surface area contributed by atoms with Gasteiger partial charge in [0.1, 0.15) is 5.75 Å². The standard InChI is InChI=1S/C17H18ClNO/c1-20-16-9-5-8-13(17(16)18)11-19-15-10-14(15)12-6-3-2-4-7-12/h2-9,14-15,19H,10-11H2,1H3/t14-,15+/m0/s1. The van der Waals surface area contributed by atoms with Crippen LogP contribution in [0.3, 0.4) is 0 Å². The number of hydrogen-bond acceptors (Lipinski definition) is 2. The highest BCUT2D eigenvalue weighted by molar-refractivity contribution is 6.32. The molecule has 2 aromatic carbocycles. The van der Waals surface area contributed by atoms with Gasteiger partial charge < -0.3 is 10.1 Å². The molecule has 104 valence electrons. The number of methoxy groups -OCH3 is 1. The maximum absolute atomic E-state index is 6.30. The minimum atomic E-state index is 0.555. The van der Waals surface area contributed by atoms with Gasteiger partial charge in [-0.3, -0.25) is 0 Å². The summed E-state index contributed by atoms with van der Waals surface area (Å²) in [6.07, 6.45) is 1.20. The van der Waals surface area contributed by atoms with Gasteiger partial charge >= 0.3 is 0 Å². The topological polar surface area (TPSA) is 21.3 Å². The number of rotatable bonds is 5. The first-order valence-electron chi connectivity index (χ1n) is 6.89. The number of ether oxygens (including phenoxy) is 1. The summed E-state index contributed by atoms with van der Waals surface area (Å²) in [4.78, 5) is 0. The zero-order valence-corrected chi connectivity index (χ0v) is 12.2. The quantitative estimate of drug-likeness (QED) is 0.898. The second-order valence-corrected chi connectivity index (χ2v) is 5.55. The molecule has 0 heterocycles. The Bertz CT molecular complexity index is 585. The van der Waals surface area contributed by atoms with Crippen molar-refractivity contribution in [2.45, 2.75) is 24.9 Å². The molecule has 1 N–H and O–H groups in total. The smallest absolute Gasteiger partial charge is 0.137 e. The number of nitrogens with one attached hydrogen (secondary N) is 1. The third-order valence-corrected chi connectivity index (χ3v) is 4.27. The Balaban J connectivity index is 1.59. The molecular weight excluding hydrogens is 270 g/mol. The molecule has 2 atom stereocenters. The van der Waals surface area contributed by atoms with Crippen molar-refractivity contribution in [2.75, 3.05) is 7.11 Å². The van der Waals surface area contributed by atoms with E-state index in [0.717, 1.165) is 17.9 Å². The van der Waals surface area contributed by atoms with Gasteiger partial charge in [-0.2, -0.15) is 0 Å². The average molecular weight is 288 g/mol. The molecule has 3 heteroatoms. The van der Waals surface area contributed by atoms with Crippen LogP contribution < -0.4 is 10.1 Å². The van der Waals surface area contributed by atoms with Gasteiger partial charge in [0.15, 0.2) is 0 Å². The molecule has 2 aromatic rings. The van der Waals surface area contributed by atoms with Crippen molar-refractivity contribution in [3.63, 3.8) is 0 Å². The minimum absolute atomic E-state index is 0.555. The summed E-state index contributed by atoms with van der Waals surface area (Å²) in [5.74, 6) is 1.38. The molecule has 20 heavy (non-hydrogen) atoms. The van der Waals surface area contributed by atoms with Gasteiger partial charge in [-0.1, -0.05) is 54.1 Å². The van der Waals surface area contributed by atoms with E-state index < -0.39 is 0 Å². The largest absolute Gasteiger partial charge is 0.495 e. The van der Waals surface area contributed by atoms with E-state index in [4.69, 9.17) is 16.3 Å². The first-order chi connectivity index (χ1) is 9.79. The van der Waals surface area contributed by atoms with E-state index in [1.807, 2.05) is 18.2 Å². The molecule has 1 fully saturated rings. The molecule has 1 saturated carbocycles. The monoisotopic (exact) mass is 287 g/mol. The van der Waals surface area contributed by atoms with Gasteiger partial charge in [0.05, 0.1) is 12.1 Å². The van der Waals surface area contributed by atoms with Crippen LogP contribution in [0.15, 0.2) is 48.5 Å². The molecule has 2 nitrogen and oxygen atoms in total. The first-order valence-corrected chi connectivity index (χ1v) is 7.27. The van der Waals surface area contributed by atoms with Gasteiger partial charge in [-0.05, 0) is 23.6 Å². The summed E-state index contributed by atoms with van der Waals surface area (Å²) >= 11 is 6.30. The van der Waals surface area contributed by atoms with Gasteiger partial charge in [-0.15, -0.1) is 0 Å². The van der Waals surface area contributed by atoms with Crippen LogP contribution in [-0.2, 0) is 6.54 Å². The van der Waals surface area contributed by atoms with Crippen molar-refractivity contribution in [1.82, 2.24) is 5.32 Å². The van der Waals surface area contributed by atoms with E-state index >= 15 is 0 Å². The third-order valence-electron chi connectivity index (χ3n) is 3.84. The predicted octanol–water partition coefficient (Wildman–Crippen LogP) is 3.99. The van der Waals surface area contributed by atoms with Crippen LogP contribution in [0.25, 0.3) is 0 Å². The van der Waals surface area contributed by atoms with E-state index in [9.17, 15) is 0 Å². The van der Waals surface area contributed by atoms with Crippen molar-refractivity contribution >= 4 is 11.6 Å². The summed E-state index contributed by atoms with van der Waals surface area (Å²) in [5.41, 5.74) is 2.51. The fourth-order valence-electron chi connectivity index (χ4n) is 2.58. The predicted molar refractivity (Wildman–Crippen MR) is 82.4 cm³/mol. The Morgan fingerprint density at radius 2 is 1.95 bits per heavy atom. The van der Waals surface area contributed by atoms with Crippen LogP contribution in [-0.4, -0.2) is 13.2 Å². The summed E-state index contributed by atoms with van der Waals surface area (Å²) in [6.45, 7) is 0.782. The second-order valence-electron chi connectivity index (χ2n) is 5.17. The van der Waals surface area contributed by atoms with E-state index in [0.29, 0.717) is 17.0 Å². The Morgan fingerprint density at radius 3 is 2.70 bits per heavy atom. The average Bonchev–Trinajstić information content (AvgIpc) is 3.27. The van der Waals surface area contributed by atoms with Crippen LogP contribution in [0.1, 0.15) is 23.5 Å². The van der Waals surface area contributed by atoms with Crippen LogP contribution >= 0.6 is 11.6 Å². The lowest BCUT2D eigenvalue weighted by atomic mass is 10.1. The zero-order chi connectivity index (χ0) is 13.9. The lowest BCUT2D eigenvalue weighted by molar-refractivity contribution is 0.414. The molecule has 0 bridgehead atoms. The Morgan fingerprint density at radius 1 is 1.15 bits per heavy atom. The fraction of sp³-hybridized carbons (Fsp3) is 0.294. The highest BCUT2D eigenvalue weighted by Gasteiger charge is 2.37. The molecule has 0 saturated heterocycles. The minimum Gasteiger partial charge on any atom is -0.495 e. The summed E-state index contributed by atoms with van der Waals surface area (Å²) in [7, 11) is 1.64. The van der Waals surface area contributed by atoms with Crippen LogP contribution in [0.4, 0.5) is 0 Å².